The van der Waals surface area contributed by atoms with Gasteiger partial charge in [-0.25, -0.2) is 9.37 Å². The van der Waals surface area contributed by atoms with Gasteiger partial charge in [0.15, 0.2) is 22.7 Å². The summed E-state index contributed by atoms with van der Waals surface area (Å²) in [6.45, 7) is -3.46. The van der Waals surface area contributed by atoms with Gasteiger partial charge in [-0.05, 0) is 12.5 Å². The molecule has 1 aliphatic heterocycles. The van der Waals surface area contributed by atoms with Crippen molar-refractivity contribution in [1.82, 2.24) is 9.55 Å². The zero-order valence-electron chi connectivity index (χ0n) is 15.4. The van der Waals surface area contributed by atoms with Crippen LogP contribution < -0.4 is 10.2 Å². The van der Waals surface area contributed by atoms with Crippen LogP contribution >= 0.6 is 11.8 Å². The van der Waals surface area contributed by atoms with Crippen LogP contribution in [-0.4, -0.2) is 21.9 Å². The lowest BCUT2D eigenvalue weighted by Gasteiger charge is -2.24. The van der Waals surface area contributed by atoms with Crippen molar-refractivity contribution in [1.29, 1.82) is 0 Å². The van der Waals surface area contributed by atoms with E-state index in [-0.39, 0.29) is 22.6 Å². The molecule has 1 aliphatic rings. The van der Waals surface area contributed by atoms with Gasteiger partial charge in [-0.2, -0.15) is 35.1 Å². The van der Waals surface area contributed by atoms with Crippen molar-refractivity contribution < 1.29 is 44.3 Å². The van der Waals surface area contributed by atoms with Crippen molar-refractivity contribution in [3.63, 3.8) is 0 Å². The summed E-state index contributed by atoms with van der Waals surface area (Å²) in [5.74, 6) is -2.34. The van der Waals surface area contributed by atoms with Crippen molar-refractivity contribution in [2.75, 3.05) is 5.75 Å². The maximum Gasteiger partial charge on any atom is 0.436 e. The van der Waals surface area contributed by atoms with Crippen LogP contribution in [0.25, 0.3) is 0 Å². The number of nitrogens with zero attached hydrogens (tertiary/aromatic N) is 3. The maximum atomic E-state index is 14.4. The molecule has 0 spiro atoms. The van der Waals surface area contributed by atoms with E-state index in [1.807, 2.05) is 0 Å². The first-order chi connectivity index (χ1) is 14.3. The Morgan fingerprint density at radius 2 is 1.87 bits per heavy atom. The van der Waals surface area contributed by atoms with Crippen molar-refractivity contribution in [2.45, 2.75) is 36.3 Å². The largest absolute Gasteiger partial charge is 0.436 e. The highest BCUT2D eigenvalue weighted by molar-refractivity contribution is 7.99. The van der Waals surface area contributed by atoms with E-state index in [0.717, 1.165) is 29.6 Å². The third kappa shape index (κ3) is 4.93. The Kier molecular flexibility index (Phi) is 6.22. The molecule has 2 aromatic rings. The van der Waals surface area contributed by atoms with Crippen molar-refractivity contribution in [3.8, 4) is 5.75 Å². The molecule has 0 bridgehead atoms. The molecule has 3 rings (SSSR count). The molecule has 0 fully saturated rings. The minimum atomic E-state index is -5.03. The van der Waals surface area contributed by atoms with Gasteiger partial charge in [0.1, 0.15) is 0 Å². The molecule has 0 saturated carbocycles. The Labute approximate surface area is 172 Å². The summed E-state index contributed by atoms with van der Waals surface area (Å²) in [4.78, 5) is 6.86. The zero-order chi connectivity index (χ0) is 23.1. The summed E-state index contributed by atoms with van der Waals surface area (Å²) in [7, 11) is 1.11. The number of hydrogen-bond donors (Lipinski definition) is 0. The van der Waals surface area contributed by atoms with E-state index in [1.165, 1.54) is 0 Å². The molecule has 4 nitrogen and oxygen atoms in total. The van der Waals surface area contributed by atoms with Gasteiger partial charge in [-0.1, -0.05) is 0 Å². The summed E-state index contributed by atoms with van der Waals surface area (Å²) < 4.78 is 123. The van der Waals surface area contributed by atoms with Crippen LogP contribution in [0.1, 0.15) is 29.3 Å². The minimum Gasteiger partial charge on any atom is -0.431 e. The average molecular weight is 477 g/mol. The van der Waals surface area contributed by atoms with Gasteiger partial charge >= 0.3 is 19.0 Å². The highest BCUT2D eigenvalue weighted by Crippen LogP contribution is 2.42. The van der Waals surface area contributed by atoms with Crippen LogP contribution in [0.2, 0.25) is 0 Å². The molecular formula is C17H12F9N3OS. The average Bonchev–Trinajstić information content (AvgIpc) is 2.62. The first-order valence-corrected chi connectivity index (χ1v) is 9.42. The number of ether oxygens (including phenoxy) is 1. The number of halogens is 9. The predicted molar refractivity (Wildman–Crippen MR) is 89.9 cm³/mol. The molecule has 0 N–H and O–H groups in total. The Hall–Kier alpha value is -2.38. The molecule has 0 amide bonds. The summed E-state index contributed by atoms with van der Waals surface area (Å²) in [5.41, 5.74) is -3.44. The Morgan fingerprint density at radius 1 is 1.19 bits per heavy atom. The molecule has 170 valence electrons. The third-order valence-corrected chi connectivity index (χ3v) is 5.41. The van der Waals surface area contributed by atoms with Crippen LogP contribution in [0.3, 0.4) is 0 Å². The highest BCUT2D eigenvalue weighted by Gasteiger charge is 2.39. The van der Waals surface area contributed by atoms with E-state index in [9.17, 15) is 39.5 Å². The van der Waals surface area contributed by atoms with E-state index in [4.69, 9.17) is 0 Å². The van der Waals surface area contributed by atoms with Crippen molar-refractivity contribution in [2.24, 2.45) is 12.0 Å². The monoisotopic (exact) mass is 477 g/mol. The molecule has 2 aromatic heterocycles. The van der Waals surface area contributed by atoms with E-state index >= 15 is 0 Å². The van der Waals surface area contributed by atoms with Crippen LogP contribution in [0.4, 0.5) is 39.5 Å². The lowest BCUT2D eigenvalue weighted by atomic mass is 10.1. The van der Waals surface area contributed by atoms with Gasteiger partial charge in [-0.15, -0.1) is 11.8 Å². The molecule has 1 atom stereocenters. The summed E-state index contributed by atoms with van der Waals surface area (Å²) in [5, 5.41) is 0. The predicted octanol–water partition coefficient (Wildman–Crippen LogP) is 5.34. The van der Waals surface area contributed by atoms with E-state index in [0.29, 0.717) is 12.3 Å². The van der Waals surface area contributed by atoms with Crippen LogP contribution in [-0.2, 0) is 19.4 Å². The standard InChI is InChI=1S/C17H12F9N3OS/c1-29-6-7(16(21,22)23)4-10(30-15(19)20)14(29)28-9-2-3-31-12-8(9)5-27-13(11(12)18)17(24,25)26/h4-6,9,15H,2-3H2,1H3/b28-14-. The molecule has 3 heterocycles. The van der Waals surface area contributed by atoms with E-state index in [1.54, 1.807) is 0 Å². The summed E-state index contributed by atoms with van der Waals surface area (Å²) in [6, 6.07) is -0.696. The van der Waals surface area contributed by atoms with Crippen LogP contribution in [0, 0.1) is 5.82 Å². The van der Waals surface area contributed by atoms with Crippen molar-refractivity contribution in [3.05, 3.63) is 46.6 Å². The summed E-state index contributed by atoms with van der Waals surface area (Å²) >= 11 is 0.803. The Morgan fingerprint density at radius 3 is 2.45 bits per heavy atom. The molecule has 14 heteroatoms. The van der Waals surface area contributed by atoms with Gasteiger partial charge in [0, 0.05) is 30.8 Å². The zero-order valence-corrected chi connectivity index (χ0v) is 16.2. The third-order valence-electron chi connectivity index (χ3n) is 4.26. The van der Waals surface area contributed by atoms with E-state index in [2.05, 4.69) is 14.7 Å². The summed E-state index contributed by atoms with van der Waals surface area (Å²) in [6.07, 6.45) is -8.35. The van der Waals surface area contributed by atoms with Gasteiger partial charge in [0.25, 0.3) is 0 Å². The van der Waals surface area contributed by atoms with Crippen molar-refractivity contribution >= 4 is 11.8 Å². The molecule has 0 aromatic carbocycles. The quantitative estimate of drug-likeness (QED) is 0.561. The number of aromatic nitrogens is 2. The number of aryl methyl sites for hydroxylation is 1. The number of rotatable bonds is 3. The fourth-order valence-electron chi connectivity index (χ4n) is 2.95. The van der Waals surface area contributed by atoms with E-state index < -0.39 is 53.3 Å². The highest BCUT2D eigenvalue weighted by atomic mass is 32.2. The number of thioether (sulfide) groups is 1. The first-order valence-electron chi connectivity index (χ1n) is 8.44. The van der Waals surface area contributed by atoms with Crippen LogP contribution in [0.15, 0.2) is 28.3 Å². The number of hydrogen-bond acceptors (Lipinski definition) is 4. The first kappa shape index (κ1) is 23.3. The normalized spacial score (nSPS) is 17.8. The lowest BCUT2D eigenvalue weighted by molar-refractivity contribution is -0.144. The maximum absolute atomic E-state index is 14.4. The smallest absolute Gasteiger partial charge is 0.431 e. The van der Waals surface area contributed by atoms with Gasteiger partial charge in [0.2, 0.25) is 0 Å². The number of alkyl halides is 8. The molecule has 0 aliphatic carbocycles. The Balaban J connectivity index is 2.16. The second-order valence-corrected chi connectivity index (χ2v) is 7.49. The topological polar surface area (TPSA) is 39.4 Å². The lowest BCUT2D eigenvalue weighted by Crippen LogP contribution is -2.26. The molecule has 0 radical (unpaired) electrons. The number of fused-ring (bicyclic) bond motifs is 1. The fraction of sp³-hybridized carbons (Fsp3) is 0.412. The molecule has 1 unspecified atom stereocenters. The van der Waals surface area contributed by atoms with Gasteiger partial charge in [0.05, 0.1) is 16.5 Å². The van der Waals surface area contributed by atoms with Gasteiger partial charge in [-0.3, -0.25) is 4.99 Å². The van der Waals surface area contributed by atoms with Crippen LogP contribution in [0.5, 0.6) is 5.75 Å². The second kappa shape index (κ2) is 8.28. The molecular weight excluding hydrogens is 465 g/mol. The number of pyridine rings is 2. The molecule has 0 saturated heterocycles. The molecule has 31 heavy (non-hydrogen) atoms. The minimum absolute atomic E-state index is 0.0374. The Bertz CT molecular complexity index is 1050. The van der Waals surface area contributed by atoms with Gasteiger partial charge < -0.3 is 9.30 Å². The SMILES string of the molecule is Cn1cc(C(F)(F)F)cc(OC(F)F)/c1=N/C1CCSc2c1cnc(C(F)(F)F)c2F. The fourth-order valence-corrected chi connectivity index (χ4v) is 4.08. The second-order valence-electron chi connectivity index (χ2n) is 6.39.